The summed E-state index contributed by atoms with van der Waals surface area (Å²) in [4.78, 5) is 11.8. The number of allylic oxidation sites excluding steroid dienone is 1. The normalized spacial score (nSPS) is 14.5. The van der Waals surface area contributed by atoms with Crippen molar-refractivity contribution in [3.8, 4) is 21.6 Å². The molecule has 0 bridgehead atoms. The molecule has 3 aromatic rings. The van der Waals surface area contributed by atoms with Crippen molar-refractivity contribution in [2.24, 2.45) is 0 Å². The van der Waals surface area contributed by atoms with Crippen molar-refractivity contribution < 1.29 is 15.0 Å². The average Bonchev–Trinajstić information content (AvgIpc) is 3.43. The molecule has 0 radical (unpaired) electrons. The average molecular weight is 392 g/mol. The van der Waals surface area contributed by atoms with Crippen LogP contribution >= 0.6 is 11.5 Å². The van der Waals surface area contributed by atoms with Crippen molar-refractivity contribution in [2.75, 3.05) is 5.32 Å². The molecule has 0 spiro atoms. The van der Waals surface area contributed by atoms with Gasteiger partial charge in [0.2, 0.25) is 0 Å². The highest BCUT2D eigenvalue weighted by atomic mass is 32.1. The predicted molar refractivity (Wildman–Crippen MR) is 112 cm³/mol. The lowest BCUT2D eigenvalue weighted by molar-refractivity contribution is 0.209. The van der Waals surface area contributed by atoms with Crippen molar-refractivity contribution in [3.63, 3.8) is 0 Å². The summed E-state index contributed by atoms with van der Waals surface area (Å²) in [5, 5.41) is 21.3. The van der Waals surface area contributed by atoms with E-state index in [1.807, 2.05) is 24.3 Å². The monoisotopic (exact) mass is 392 g/mol. The Morgan fingerprint density at radius 3 is 2.07 bits per heavy atom. The second-order valence-electron chi connectivity index (χ2n) is 7.09. The van der Waals surface area contributed by atoms with Gasteiger partial charge in [-0.3, -0.25) is 5.32 Å². The molecule has 1 amide bonds. The Balaban J connectivity index is 1.59. The highest BCUT2D eigenvalue weighted by Crippen LogP contribution is 2.52. The van der Waals surface area contributed by atoms with Crippen molar-refractivity contribution in [2.45, 2.75) is 25.2 Å². The molecule has 1 aliphatic carbocycles. The molecule has 1 aromatic heterocycles. The number of anilines is 1. The van der Waals surface area contributed by atoms with Gasteiger partial charge < -0.3 is 10.2 Å². The minimum Gasteiger partial charge on any atom is -0.512 e. The molecule has 142 valence electrons. The van der Waals surface area contributed by atoms with Crippen LogP contribution in [-0.4, -0.2) is 20.7 Å². The molecule has 1 fully saturated rings. The number of nitrogens with one attached hydrogen (secondary N) is 1. The summed E-state index contributed by atoms with van der Waals surface area (Å²) in [5.41, 5.74) is 5.12. The molecule has 5 nitrogen and oxygen atoms in total. The van der Waals surface area contributed by atoms with Gasteiger partial charge in [0.15, 0.2) is 0 Å². The molecule has 2 aromatic carbocycles. The fourth-order valence-electron chi connectivity index (χ4n) is 3.49. The third kappa shape index (κ3) is 3.16. The van der Waals surface area contributed by atoms with E-state index in [1.54, 1.807) is 6.92 Å². The molecule has 1 heterocycles. The lowest BCUT2D eigenvalue weighted by Crippen LogP contribution is -2.08. The van der Waals surface area contributed by atoms with Gasteiger partial charge >= 0.3 is 6.09 Å². The summed E-state index contributed by atoms with van der Waals surface area (Å²) in [6.45, 7) is 5.51. The van der Waals surface area contributed by atoms with Crippen LogP contribution in [0.5, 0.6) is 0 Å². The van der Waals surface area contributed by atoms with Crippen LogP contribution in [0.4, 0.5) is 10.5 Å². The van der Waals surface area contributed by atoms with Gasteiger partial charge in [-0.2, -0.15) is 4.37 Å². The van der Waals surface area contributed by atoms with E-state index in [4.69, 9.17) is 5.11 Å². The maximum absolute atomic E-state index is 11.0. The summed E-state index contributed by atoms with van der Waals surface area (Å²) in [7, 11) is 0. The molecule has 1 saturated carbocycles. The number of benzene rings is 2. The Morgan fingerprint density at radius 2 is 1.57 bits per heavy atom. The third-order valence-corrected chi connectivity index (χ3v) is 6.30. The molecular weight excluding hydrogens is 372 g/mol. The first-order valence-electron chi connectivity index (χ1n) is 8.97. The summed E-state index contributed by atoms with van der Waals surface area (Å²) >= 11 is 1.28. The largest absolute Gasteiger partial charge is 0.512 e. The number of carboxylic acid groups (broad SMARTS) is 1. The second kappa shape index (κ2) is 6.80. The first-order valence-corrected chi connectivity index (χ1v) is 9.74. The summed E-state index contributed by atoms with van der Waals surface area (Å²) in [5.74, 6) is 0.246. The van der Waals surface area contributed by atoms with E-state index in [0.717, 1.165) is 40.0 Å². The van der Waals surface area contributed by atoms with Gasteiger partial charge in [-0.15, -0.1) is 0 Å². The number of aliphatic hydroxyl groups excluding tert-OH is 1. The van der Waals surface area contributed by atoms with Gasteiger partial charge in [0.25, 0.3) is 0 Å². The molecule has 1 aliphatic rings. The molecule has 0 atom stereocenters. The fraction of sp³-hybridized carbons (Fsp3) is 0.182. The fourth-order valence-corrected chi connectivity index (χ4v) is 4.34. The van der Waals surface area contributed by atoms with E-state index >= 15 is 0 Å². The summed E-state index contributed by atoms with van der Waals surface area (Å²) in [6, 6.07) is 16.2. The first kappa shape index (κ1) is 18.3. The highest BCUT2D eigenvalue weighted by Gasteiger charge is 2.47. The predicted octanol–water partition coefficient (Wildman–Crippen LogP) is 5.98. The number of amides is 1. The van der Waals surface area contributed by atoms with Crippen LogP contribution in [0.1, 0.15) is 24.1 Å². The van der Waals surface area contributed by atoms with Crippen LogP contribution in [0.3, 0.4) is 0 Å². The van der Waals surface area contributed by atoms with Gasteiger partial charge in [0.1, 0.15) is 0 Å². The Bertz CT molecular complexity index is 1050. The van der Waals surface area contributed by atoms with E-state index in [9.17, 15) is 9.90 Å². The minimum absolute atomic E-state index is 0.246. The van der Waals surface area contributed by atoms with Crippen molar-refractivity contribution in [3.05, 3.63) is 72.1 Å². The zero-order chi connectivity index (χ0) is 19.9. The minimum atomic E-state index is -1.10. The number of hydrogen-bond donors (Lipinski definition) is 3. The van der Waals surface area contributed by atoms with Crippen LogP contribution in [-0.2, 0) is 5.41 Å². The van der Waals surface area contributed by atoms with Crippen molar-refractivity contribution >= 4 is 23.3 Å². The maximum Gasteiger partial charge on any atom is 0.409 e. The smallest absolute Gasteiger partial charge is 0.409 e. The first-order chi connectivity index (χ1) is 13.4. The van der Waals surface area contributed by atoms with E-state index < -0.39 is 6.09 Å². The van der Waals surface area contributed by atoms with Crippen LogP contribution in [0.25, 0.3) is 21.6 Å². The number of aryl methyl sites for hydroxylation is 1. The molecule has 4 rings (SSSR count). The molecule has 0 saturated heterocycles. The van der Waals surface area contributed by atoms with E-state index in [2.05, 4.69) is 40.5 Å². The number of aromatic nitrogens is 1. The Labute approximate surface area is 167 Å². The maximum atomic E-state index is 11.0. The SMILES string of the molecule is C=C(O)C1(c2ccc(-c3ccc(-c4snc(C)c4NC(=O)O)cc3)cc2)CC1. The van der Waals surface area contributed by atoms with Gasteiger partial charge in [-0.1, -0.05) is 55.1 Å². The van der Waals surface area contributed by atoms with Crippen LogP contribution in [0.2, 0.25) is 0 Å². The van der Waals surface area contributed by atoms with Gasteiger partial charge in [-0.25, -0.2) is 4.79 Å². The van der Waals surface area contributed by atoms with Crippen LogP contribution < -0.4 is 5.32 Å². The number of rotatable bonds is 5. The molecule has 28 heavy (non-hydrogen) atoms. The van der Waals surface area contributed by atoms with E-state index in [0.29, 0.717) is 11.4 Å². The zero-order valence-corrected chi connectivity index (χ0v) is 16.2. The Morgan fingerprint density at radius 1 is 1.04 bits per heavy atom. The van der Waals surface area contributed by atoms with Crippen LogP contribution in [0.15, 0.2) is 60.9 Å². The number of carbonyl (C=O) groups is 1. The molecule has 6 heteroatoms. The third-order valence-electron chi connectivity index (χ3n) is 5.31. The van der Waals surface area contributed by atoms with E-state index in [-0.39, 0.29) is 11.2 Å². The summed E-state index contributed by atoms with van der Waals surface area (Å²) < 4.78 is 4.27. The van der Waals surface area contributed by atoms with Gasteiger partial charge in [0, 0.05) is 0 Å². The lowest BCUT2D eigenvalue weighted by Gasteiger charge is -2.14. The molecule has 0 unspecified atom stereocenters. The zero-order valence-electron chi connectivity index (χ0n) is 15.4. The van der Waals surface area contributed by atoms with Crippen LogP contribution in [0, 0.1) is 6.92 Å². The quantitative estimate of drug-likeness (QED) is 0.467. The second-order valence-corrected chi connectivity index (χ2v) is 7.86. The standard InChI is InChI=1S/C22H20N2O3S/c1-13-19(23-21(26)27)20(28-24-13)17-5-3-15(4-6-17)16-7-9-18(10-8-16)22(11-12-22)14(2)25/h3-10,23,25H,2,11-12H2,1H3,(H,26,27). The van der Waals surface area contributed by atoms with E-state index in [1.165, 1.54) is 11.5 Å². The van der Waals surface area contributed by atoms with Gasteiger partial charge in [0.05, 0.1) is 27.4 Å². The number of hydrogen-bond acceptors (Lipinski definition) is 4. The highest BCUT2D eigenvalue weighted by molar-refractivity contribution is 7.10. The van der Waals surface area contributed by atoms with Gasteiger partial charge in [-0.05, 0) is 53.6 Å². The van der Waals surface area contributed by atoms with Crippen molar-refractivity contribution in [1.82, 2.24) is 4.37 Å². The Hall–Kier alpha value is -3.12. The lowest BCUT2D eigenvalue weighted by atomic mass is 9.92. The molecule has 3 N–H and O–H groups in total. The topological polar surface area (TPSA) is 82.5 Å². The summed E-state index contributed by atoms with van der Waals surface area (Å²) in [6.07, 6.45) is 0.787. The Kier molecular flexibility index (Phi) is 4.43. The molecular formula is C22H20N2O3S. The number of aliphatic hydroxyl groups is 1. The van der Waals surface area contributed by atoms with Crippen molar-refractivity contribution in [1.29, 1.82) is 0 Å². The number of nitrogens with zero attached hydrogens (tertiary/aromatic N) is 1. The molecule has 0 aliphatic heterocycles.